The minimum Gasteiger partial charge on any atom is -0.507 e. The smallest absolute Gasteiger partial charge is 0.256 e. The van der Waals surface area contributed by atoms with Crippen molar-refractivity contribution >= 4 is 56.6 Å². The summed E-state index contributed by atoms with van der Waals surface area (Å²) in [4.78, 5) is 31.9. The average molecular weight is 514 g/mol. The molecule has 0 radical (unpaired) electrons. The molecule has 5 aromatic rings. The van der Waals surface area contributed by atoms with Crippen molar-refractivity contribution in [3.8, 4) is 11.5 Å². The summed E-state index contributed by atoms with van der Waals surface area (Å²) in [6.45, 7) is 0. The van der Waals surface area contributed by atoms with Crippen molar-refractivity contribution in [2.75, 3.05) is 0 Å². The average Bonchev–Trinajstić information content (AvgIpc) is 2.80. The molecule has 9 heteroatoms. The maximum absolute atomic E-state index is 13.2. The number of benzene rings is 3. The Morgan fingerprint density at radius 1 is 0.618 bits per heavy atom. The van der Waals surface area contributed by atoms with E-state index in [-0.39, 0.29) is 22.6 Å². The van der Waals surface area contributed by atoms with E-state index >= 15 is 0 Å². The van der Waals surface area contributed by atoms with E-state index in [1.54, 1.807) is 48.5 Å². The highest BCUT2D eigenvalue weighted by Crippen LogP contribution is 2.42. The lowest BCUT2D eigenvalue weighted by Gasteiger charge is -2.21. The van der Waals surface area contributed by atoms with Crippen LogP contribution in [0.4, 0.5) is 0 Å². The SMILES string of the molecule is O=c1[nH]c2ccc(Cl)cc2c(O)c1C(c1ccc(Cl)cc1)c1c(O)c2cc(Cl)ccc2[nH]c1=O. The second kappa shape index (κ2) is 8.40. The number of H-pyrrole nitrogens is 2. The summed E-state index contributed by atoms with van der Waals surface area (Å²) in [5.74, 6) is -1.85. The second-order valence-corrected chi connectivity index (χ2v) is 9.11. The maximum Gasteiger partial charge on any atom is 0.256 e. The maximum atomic E-state index is 13.2. The van der Waals surface area contributed by atoms with E-state index in [1.165, 1.54) is 12.1 Å². The first-order valence-corrected chi connectivity index (χ1v) is 11.2. The van der Waals surface area contributed by atoms with Gasteiger partial charge in [0.25, 0.3) is 11.1 Å². The number of fused-ring (bicyclic) bond motifs is 2. The monoisotopic (exact) mass is 512 g/mol. The summed E-state index contributed by atoms with van der Waals surface area (Å²) in [6, 6.07) is 15.8. The van der Waals surface area contributed by atoms with Crippen LogP contribution in [-0.2, 0) is 0 Å². The normalized spacial score (nSPS) is 11.5. The van der Waals surface area contributed by atoms with Crippen molar-refractivity contribution in [1.82, 2.24) is 9.97 Å². The van der Waals surface area contributed by atoms with Gasteiger partial charge in [0.1, 0.15) is 11.5 Å². The van der Waals surface area contributed by atoms with Gasteiger partial charge >= 0.3 is 0 Å². The molecule has 3 aromatic carbocycles. The van der Waals surface area contributed by atoms with Crippen LogP contribution in [0.2, 0.25) is 15.1 Å². The van der Waals surface area contributed by atoms with Gasteiger partial charge in [0.05, 0.1) is 28.1 Å². The Morgan fingerprint density at radius 2 is 1.03 bits per heavy atom. The minimum absolute atomic E-state index is 0.126. The number of halogens is 3. The van der Waals surface area contributed by atoms with Gasteiger partial charge in [-0.15, -0.1) is 0 Å². The molecule has 5 rings (SSSR count). The molecule has 34 heavy (non-hydrogen) atoms. The number of hydrogen-bond acceptors (Lipinski definition) is 4. The van der Waals surface area contributed by atoms with Crippen molar-refractivity contribution in [3.63, 3.8) is 0 Å². The Hall–Kier alpha value is -3.45. The number of aromatic nitrogens is 2. The Morgan fingerprint density at radius 3 is 1.47 bits per heavy atom. The summed E-state index contributed by atoms with van der Waals surface area (Å²) in [5, 5.41) is 24.2. The number of aromatic hydroxyl groups is 2. The Bertz CT molecular complexity index is 1600. The lowest BCUT2D eigenvalue weighted by molar-refractivity contribution is 0.462. The number of aromatic amines is 2. The fraction of sp³-hybridized carbons (Fsp3) is 0.0400. The van der Waals surface area contributed by atoms with E-state index in [1.807, 2.05) is 0 Å². The van der Waals surface area contributed by atoms with Gasteiger partial charge in [-0.05, 0) is 54.1 Å². The lowest BCUT2D eigenvalue weighted by Crippen LogP contribution is -2.24. The van der Waals surface area contributed by atoms with Gasteiger partial charge in [0.15, 0.2) is 0 Å². The van der Waals surface area contributed by atoms with Gasteiger partial charge in [-0.2, -0.15) is 0 Å². The van der Waals surface area contributed by atoms with Crippen LogP contribution in [0.1, 0.15) is 22.6 Å². The van der Waals surface area contributed by atoms with Crippen LogP contribution in [-0.4, -0.2) is 20.2 Å². The molecule has 2 aromatic heterocycles. The molecule has 0 aliphatic heterocycles. The van der Waals surface area contributed by atoms with Crippen LogP contribution in [0.15, 0.2) is 70.3 Å². The van der Waals surface area contributed by atoms with Crippen LogP contribution in [0, 0.1) is 0 Å². The predicted octanol–water partition coefficient (Wildman–Crippen LogP) is 5.92. The number of nitrogens with one attached hydrogen (secondary N) is 2. The summed E-state index contributed by atoms with van der Waals surface area (Å²) in [7, 11) is 0. The van der Waals surface area contributed by atoms with Crippen LogP contribution in [0.5, 0.6) is 11.5 Å². The molecule has 0 aliphatic carbocycles. The molecule has 0 fully saturated rings. The molecule has 0 spiro atoms. The Balaban J connectivity index is 1.91. The number of pyridine rings is 2. The van der Waals surface area contributed by atoms with E-state index < -0.39 is 17.0 Å². The van der Waals surface area contributed by atoms with Crippen molar-refractivity contribution < 1.29 is 10.2 Å². The van der Waals surface area contributed by atoms with Crippen LogP contribution in [0.3, 0.4) is 0 Å². The molecule has 170 valence electrons. The zero-order chi connectivity index (χ0) is 24.1. The van der Waals surface area contributed by atoms with Crippen LogP contribution >= 0.6 is 34.8 Å². The quantitative estimate of drug-likeness (QED) is 0.240. The van der Waals surface area contributed by atoms with Gasteiger partial charge in [-0.1, -0.05) is 46.9 Å². The second-order valence-electron chi connectivity index (χ2n) is 7.80. The topological polar surface area (TPSA) is 106 Å². The third kappa shape index (κ3) is 3.70. The molecule has 0 amide bonds. The van der Waals surface area contributed by atoms with Gasteiger partial charge in [-0.25, -0.2) is 0 Å². The molecule has 0 saturated carbocycles. The minimum atomic E-state index is -1.14. The molecule has 0 bridgehead atoms. The first-order valence-electron chi connectivity index (χ1n) is 10.1. The molecular weight excluding hydrogens is 499 g/mol. The fourth-order valence-corrected chi connectivity index (χ4v) is 4.67. The number of rotatable bonds is 3. The molecule has 2 heterocycles. The summed E-state index contributed by atoms with van der Waals surface area (Å²) < 4.78 is 0. The van der Waals surface area contributed by atoms with E-state index in [0.29, 0.717) is 42.4 Å². The summed E-state index contributed by atoms with van der Waals surface area (Å²) >= 11 is 18.3. The molecule has 6 nitrogen and oxygen atoms in total. The zero-order valence-electron chi connectivity index (χ0n) is 17.2. The molecule has 0 atom stereocenters. The molecule has 0 saturated heterocycles. The van der Waals surface area contributed by atoms with Gasteiger partial charge < -0.3 is 20.2 Å². The van der Waals surface area contributed by atoms with Crippen molar-refractivity contribution in [2.45, 2.75) is 5.92 Å². The van der Waals surface area contributed by atoms with Crippen LogP contribution < -0.4 is 11.1 Å². The predicted molar refractivity (Wildman–Crippen MR) is 135 cm³/mol. The molecule has 0 aliphatic rings. The molecule has 0 unspecified atom stereocenters. The zero-order valence-corrected chi connectivity index (χ0v) is 19.5. The first-order chi connectivity index (χ1) is 16.2. The van der Waals surface area contributed by atoms with Gasteiger partial charge in [-0.3, -0.25) is 9.59 Å². The summed E-state index contributed by atoms with van der Waals surface area (Å²) in [6.07, 6.45) is 0. The Labute approximate surface area is 207 Å². The molecular formula is C25H15Cl3N2O4. The fourth-order valence-electron chi connectivity index (χ4n) is 4.20. The van der Waals surface area contributed by atoms with E-state index in [9.17, 15) is 19.8 Å². The first kappa shape index (κ1) is 22.3. The Kier molecular flexibility index (Phi) is 5.52. The standard InChI is InChI=1S/C25H15Cl3N2O4/c26-12-3-1-11(2-4-12)19(20-22(31)15-9-13(27)5-7-17(15)29-24(20)33)21-23(32)16-10-14(28)6-8-18(16)30-25(21)34/h1-10,19H,(H2,29,31,33)(H2,30,32,34). The third-order valence-corrected chi connectivity index (χ3v) is 6.47. The van der Waals surface area contributed by atoms with Gasteiger partial charge in [0.2, 0.25) is 0 Å². The summed E-state index contributed by atoms with van der Waals surface area (Å²) in [5.41, 5.74) is -0.315. The third-order valence-electron chi connectivity index (χ3n) is 5.75. The van der Waals surface area contributed by atoms with Crippen molar-refractivity contribution in [1.29, 1.82) is 0 Å². The highest BCUT2D eigenvalue weighted by Gasteiger charge is 2.30. The van der Waals surface area contributed by atoms with E-state index in [0.717, 1.165) is 0 Å². The largest absolute Gasteiger partial charge is 0.507 e. The van der Waals surface area contributed by atoms with Gasteiger partial charge in [0, 0.05) is 25.8 Å². The van der Waals surface area contributed by atoms with E-state index in [2.05, 4.69) is 9.97 Å². The lowest BCUT2D eigenvalue weighted by atomic mass is 9.84. The van der Waals surface area contributed by atoms with E-state index in [4.69, 9.17) is 34.8 Å². The van der Waals surface area contributed by atoms with Crippen molar-refractivity contribution in [2.24, 2.45) is 0 Å². The highest BCUT2D eigenvalue weighted by molar-refractivity contribution is 6.31. The van der Waals surface area contributed by atoms with Crippen LogP contribution in [0.25, 0.3) is 21.8 Å². The van der Waals surface area contributed by atoms with Crippen molar-refractivity contribution in [3.05, 3.63) is 113 Å². The highest BCUT2D eigenvalue weighted by atomic mass is 35.5. The molecule has 4 N–H and O–H groups in total. The number of hydrogen-bond donors (Lipinski definition) is 4.